The number of nitrogens with one attached hydrogen (secondary N) is 1. The van der Waals surface area contributed by atoms with Gasteiger partial charge in [0.2, 0.25) is 11.9 Å². The van der Waals surface area contributed by atoms with Crippen molar-refractivity contribution in [1.29, 1.82) is 0 Å². The molecule has 7 heteroatoms. The minimum atomic E-state index is -0.740. The minimum Gasteiger partial charge on any atom is -0.323 e. The minimum absolute atomic E-state index is 0.0628. The van der Waals surface area contributed by atoms with Gasteiger partial charge < -0.3 is 5.32 Å². The quantitative estimate of drug-likeness (QED) is 0.740. The third-order valence-electron chi connectivity index (χ3n) is 5.08. The lowest BCUT2D eigenvalue weighted by atomic mass is 9.88. The maximum atomic E-state index is 13.3. The molecule has 1 aliphatic rings. The number of amides is 1. The summed E-state index contributed by atoms with van der Waals surface area (Å²) in [5.41, 5.74) is 1.61. The summed E-state index contributed by atoms with van der Waals surface area (Å²) >= 11 is 0. The summed E-state index contributed by atoms with van der Waals surface area (Å²) in [5.74, 6) is 0.573. The summed E-state index contributed by atoms with van der Waals surface area (Å²) < 4.78 is 13.3. The van der Waals surface area contributed by atoms with E-state index in [0.717, 1.165) is 16.8 Å². The molecule has 1 aromatic carbocycles. The van der Waals surface area contributed by atoms with Gasteiger partial charge in [-0.1, -0.05) is 12.1 Å². The Kier molecular flexibility index (Phi) is 4.30. The van der Waals surface area contributed by atoms with Gasteiger partial charge in [-0.15, -0.1) is 0 Å². The summed E-state index contributed by atoms with van der Waals surface area (Å²) in [6, 6.07) is 9.54. The molecule has 0 radical (unpaired) electrons. The number of carbonyl (C=O) groups is 1. The van der Waals surface area contributed by atoms with Crippen molar-refractivity contribution in [3.05, 3.63) is 71.9 Å². The van der Waals surface area contributed by atoms with Gasteiger partial charge in [0.15, 0.2) is 0 Å². The van der Waals surface area contributed by atoms with Crippen LogP contribution in [0.1, 0.15) is 37.9 Å². The van der Waals surface area contributed by atoms with Gasteiger partial charge in [0.25, 0.3) is 0 Å². The number of hydrogen-bond donors (Lipinski definition) is 1. The normalized spacial score (nSPS) is 16.0. The van der Waals surface area contributed by atoms with Crippen LogP contribution in [0.5, 0.6) is 0 Å². The van der Waals surface area contributed by atoms with Gasteiger partial charge in [-0.2, -0.15) is 4.98 Å². The standard InChI is InChI=1S/C21H20FN5O/c1-13(14-6-8-15(22)9-7-14)27-18-17(21(2,3)19(27)28)12-24-20(26-18)25-16-5-4-10-23-11-16/h4-13H,1-3H3,(H,24,25,26)/t13-/m1/s1. The SMILES string of the molecule is C[C@H](c1ccc(F)cc1)N1C(=O)C(C)(C)c2cnc(Nc3cccnc3)nc21. The van der Waals surface area contributed by atoms with E-state index in [1.54, 1.807) is 35.6 Å². The highest BCUT2D eigenvalue weighted by Gasteiger charge is 2.47. The van der Waals surface area contributed by atoms with Gasteiger partial charge in [0, 0.05) is 18.0 Å². The van der Waals surface area contributed by atoms with Crippen LogP contribution in [0, 0.1) is 5.82 Å². The number of carbonyl (C=O) groups excluding carboxylic acids is 1. The molecule has 2 aromatic heterocycles. The number of benzene rings is 1. The largest absolute Gasteiger partial charge is 0.323 e. The van der Waals surface area contributed by atoms with E-state index in [1.165, 1.54) is 12.1 Å². The molecular weight excluding hydrogens is 357 g/mol. The lowest BCUT2D eigenvalue weighted by molar-refractivity contribution is -0.122. The van der Waals surface area contributed by atoms with Crippen LogP contribution in [0.15, 0.2) is 55.0 Å². The van der Waals surface area contributed by atoms with Crippen LogP contribution >= 0.6 is 0 Å². The summed E-state index contributed by atoms with van der Waals surface area (Å²) in [6.07, 6.45) is 5.04. The fraction of sp³-hybridized carbons (Fsp3) is 0.238. The molecule has 1 amide bonds. The average Bonchev–Trinajstić information content (AvgIpc) is 2.88. The second-order valence-corrected chi connectivity index (χ2v) is 7.33. The number of fused-ring (bicyclic) bond motifs is 1. The molecule has 142 valence electrons. The molecular formula is C21H20FN5O. The zero-order valence-corrected chi connectivity index (χ0v) is 15.8. The van der Waals surface area contributed by atoms with E-state index in [4.69, 9.17) is 0 Å². The van der Waals surface area contributed by atoms with Crippen molar-refractivity contribution in [1.82, 2.24) is 15.0 Å². The van der Waals surface area contributed by atoms with E-state index < -0.39 is 5.41 Å². The van der Waals surface area contributed by atoms with Crippen molar-refractivity contribution in [2.75, 3.05) is 10.2 Å². The van der Waals surface area contributed by atoms with E-state index in [1.807, 2.05) is 32.9 Å². The Morgan fingerprint density at radius 2 is 1.89 bits per heavy atom. The number of aromatic nitrogens is 3. The lowest BCUT2D eigenvalue weighted by Crippen LogP contribution is -2.38. The Balaban J connectivity index is 1.74. The van der Waals surface area contributed by atoms with Crippen LogP contribution in [0.4, 0.5) is 21.8 Å². The van der Waals surface area contributed by atoms with E-state index in [9.17, 15) is 9.18 Å². The van der Waals surface area contributed by atoms with Crippen molar-refractivity contribution in [3.8, 4) is 0 Å². The van der Waals surface area contributed by atoms with Crippen molar-refractivity contribution < 1.29 is 9.18 Å². The number of pyridine rings is 1. The number of rotatable bonds is 4. The maximum Gasteiger partial charge on any atom is 0.239 e. The van der Waals surface area contributed by atoms with Crippen LogP contribution in [-0.4, -0.2) is 20.9 Å². The van der Waals surface area contributed by atoms with Crippen LogP contribution in [-0.2, 0) is 10.2 Å². The molecule has 28 heavy (non-hydrogen) atoms. The van der Waals surface area contributed by atoms with Gasteiger partial charge >= 0.3 is 0 Å². The molecule has 0 saturated heterocycles. The molecule has 0 aliphatic carbocycles. The van der Waals surface area contributed by atoms with Crippen molar-refractivity contribution in [2.45, 2.75) is 32.2 Å². The van der Waals surface area contributed by atoms with Crippen LogP contribution < -0.4 is 10.2 Å². The van der Waals surface area contributed by atoms with Crippen molar-refractivity contribution in [2.24, 2.45) is 0 Å². The van der Waals surface area contributed by atoms with E-state index in [2.05, 4.69) is 20.3 Å². The first-order chi connectivity index (χ1) is 13.4. The smallest absolute Gasteiger partial charge is 0.239 e. The number of halogens is 1. The first-order valence-electron chi connectivity index (χ1n) is 9.01. The Bertz CT molecular complexity index is 1020. The molecule has 0 saturated carbocycles. The summed E-state index contributed by atoms with van der Waals surface area (Å²) in [7, 11) is 0. The van der Waals surface area contributed by atoms with Gasteiger partial charge in [-0.25, -0.2) is 9.37 Å². The summed E-state index contributed by atoms with van der Waals surface area (Å²) in [4.78, 5) is 27.9. The Morgan fingerprint density at radius 1 is 1.14 bits per heavy atom. The molecule has 1 atom stereocenters. The molecule has 0 bridgehead atoms. The van der Waals surface area contributed by atoms with Crippen molar-refractivity contribution >= 4 is 23.4 Å². The predicted octanol–water partition coefficient (Wildman–Crippen LogP) is 4.14. The topological polar surface area (TPSA) is 71.0 Å². The fourth-order valence-electron chi connectivity index (χ4n) is 3.39. The van der Waals surface area contributed by atoms with E-state index in [0.29, 0.717) is 11.8 Å². The van der Waals surface area contributed by atoms with Gasteiger partial charge in [0.1, 0.15) is 11.6 Å². The molecule has 0 fully saturated rings. The second-order valence-electron chi connectivity index (χ2n) is 7.33. The van der Waals surface area contributed by atoms with E-state index >= 15 is 0 Å². The van der Waals surface area contributed by atoms with Gasteiger partial charge in [-0.3, -0.25) is 14.7 Å². The summed E-state index contributed by atoms with van der Waals surface area (Å²) in [6.45, 7) is 5.64. The van der Waals surface area contributed by atoms with Crippen LogP contribution in [0.3, 0.4) is 0 Å². The molecule has 1 aliphatic heterocycles. The fourth-order valence-corrected chi connectivity index (χ4v) is 3.39. The Labute approximate surface area is 162 Å². The molecule has 6 nitrogen and oxygen atoms in total. The lowest BCUT2D eigenvalue weighted by Gasteiger charge is -2.26. The van der Waals surface area contributed by atoms with Crippen LogP contribution in [0.25, 0.3) is 0 Å². The maximum absolute atomic E-state index is 13.3. The van der Waals surface area contributed by atoms with Crippen molar-refractivity contribution in [3.63, 3.8) is 0 Å². The molecule has 3 aromatic rings. The molecule has 0 unspecified atom stereocenters. The predicted molar refractivity (Wildman–Crippen MR) is 105 cm³/mol. The Hall–Kier alpha value is -3.35. The second kappa shape index (κ2) is 6.67. The monoisotopic (exact) mass is 377 g/mol. The number of anilines is 3. The molecule has 0 spiro atoms. The highest BCUT2D eigenvalue weighted by atomic mass is 19.1. The van der Waals surface area contributed by atoms with Gasteiger partial charge in [0.05, 0.1) is 23.3 Å². The zero-order chi connectivity index (χ0) is 19.9. The summed E-state index contributed by atoms with van der Waals surface area (Å²) in [5, 5.41) is 3.11. The first-order valence-corrected chi connectivity index (χ1v) is 9.01. The highest BCUT2D eigenvalue weighted by molar-refractivity contribution is 6.07. The highest BCUT2D eigenvalue weighted by Crippen LogP contribution is 2.44. The first kappa shape index (κ1) is 18.0. The third-order valence-corrected chi connectivity index (χ3v) is 5.08. The van der Waals surface area contributed by atoms with E-state index in [-0.39, 0.29) is 17.8 Å². The molecule has 1 N–H and O–H groups in total. The van der Waals surface area contributed by atoms with Crippen LogP contribution in [0.2, 0.25) is 0 Å². The zero-order valence-electron chi connectivity index (χ0n) is 15.8. The number of hydrogen-bond acceptors (Lipinski definition) is 5. The van der Waals surface area contributed by atoms with Gasteiger partial charge in [-0.05, 0) is 50.6 Å². The average molecular weight is 377 g/mol. The number of nitrogens with zero attached hydrogens (tertiary/aromatic N) is 4. The molecule has 4 rings (SSSR count). The third kappa shape index (κ3) is 2.98. The Morgan fingerprint density at radius 3 is 2.57 bits per heavy atom. The molecule has 3 heterocycles.